The fourth-order valence-corrected chi connectivity index (χ4v) is 18.8. The first-order chi connectivity index (χ1) is 54.0. The maximum atomic E-state index is 11.4. The first-order valence-electron chi connectivity index (χ1n) is 37.7. The van der Waals surface area contributed by atoms with Gasteiger partial charge < -0.3 is 112 Å². The topological polar surface area (TPSA) is 141 Å². The molecule has 0 spiro atoms. The molecule has 119 heavy (non-hydrogen) atoms. The summed E-state index contributed by atoms with van der Waals surface area (Å²) in [6, 6.07) is 76.0. The summed E-state index contributed by atoms with van der Waals surface area (Å²) in [7, 11) is 0. The molecule has 0 saturated heterocycles. The van der Waals surface area contributed by atoms with E-state index in [1.165, 1.54) is 108 Å². The number of alkyl carbamates (subject to hydrolysis) is 2. The number of fused-ring (bicyclic) bond motifs is 6. The van der Waals surface area contributed by atoms with E-state index in [9.17, 15) is 9.59 Å². The van der Waals surface area contributed by atoms with Gasteiger partial charge in [0.1, 0.15) is 11.2 Å². The van der Waals surface area contributed by atoms with E-state index in [0.717, 1.165) is 45.5 Å². The third-order valence-corrected chi connectivity index (χ3v) is 29.5. The van der Waals surface area contributed by atoms with Gasteiger partial charge in [0.15, 0.2) is 0 Å². The number of aliphatic hydroxyl groups is 1. The molecule has 0 radical (unpaired) electrons. The Kier molecular flexibility index (Phi) is 67.8. The van der Waals surface area contributed by atoms with Crippen molar-refractivity contribution < 1.29 is 194 Å². The number of aryl methyl sites for hydroxylation is 4. The number of hydrogen-bond acceptors (Lipinski definition) is 8. The van der Waals surface area contributed by atoms with Gasteiger partial charge in [-0.1, -0.05) is 423 Å². The van der Waals surface area contributed by atoms with Crippen molar-refractivity contribution in [2.24, 2.45) is 5.73 Å². The van der Waals surface area contributed by atoms with Gasteiger partial charge in [-0.05, 0) is 201 Å². The third-order valence-electron chi connectivity index (χ3n) is 18.2. The van der Waals surface area contributed by atoms with Crippen molar-refractivity contribution in [3.63, 3.8) is 0 Å². The summed E-state index contributed by atoms with van der Waals surface area (Å²) >= 11 is 40.0. The Morgan fingerprint density at radius 3 is 1.05 bits per heavy atom. The van der Waals surface area contributed by atoms with Crippen LogP contribution in [-0.4, -0.2) is 68.0 Å². The van der Waals surface area contributed by atoms with Crippen molar-refractivity contribution in [3.05, 3.63) is 319 Å². The standard InChI is InChI=1S/C16H23NO3.C11H15NO.C8H6Br4.C8H7Br3.C8H6Br2.C8H7Br.C8H6I2.C8H17NO3.C8H8.C8H10.3HI.3Na/c1-16(2,3)20-15(18)17-9-6-10-19-14-11-12-7-4-5-8-13(12)14;12-6-3-7-13-11-8-9-4-1-2-5-10(9)11;9-7(10)5-3-1-2-4-6(5)8(11)12;9-5-6-3-1-2-4-7(6)8(10)11;9-7-5-3-1-2-4-6(5)8(7)10;9-8-5-6-3-1-2-4-7(6)8;9-7-5-3-1-2-4-6(5)8(7)10;1-8(2,3)12-7(11)9-5-4-6-10;1-2-4-8-6-5-7(8)3-1;1-7-5-3-4-6-8(7)2;;;;;;/h4-5,7-8,14H,6,9-11H2,1-3H3,(H,17,18);1-2,4-5,11H,3,6-8,12H2;1-4,7-8H;1-4,8H,5H2;1-4,7-8H;1-4,8H,5H2;1-4,7-8H;10H,4-6H2,1-3H3,(H,9,11);1-4H,5-6H2;3-6H,1-2H3;3*1H;;;/q;;;;;;;;;;;;;3*+1/p-3. The Bertz CT molecular complexity index is 4140. The zero-order chi connectivity index (χ0) is 82.6. The van der Waals surface area contributed by atoms with Crippen LogP contribution in [0.25, 0.3) is 0 Å². The molecule has 7 unspecified atom stereocenters. The molecular formula is C91H105Br10I5N3Na3O7. The van der Waals surface area contributed by atoms with Crippen molar-refractivity contribution >= 4 is 217 Å². The molecule has 0 bridgehead atoms. The number of carbonyl (C=O) groups is 2. The van der Waals surface area contributed by atoms with Gasteiger partial charge in [0.25, 0.3) is 0 Å². The molecule has 0 saturated carbocycles. The molecule has 0 fully saturated rings. The normalized spacial score (nSPS) is 16.4. The fraction of sp³-hybridized carbons (Fsp3) is 0.385. The Labute approximate surface area is 938 Å². The Balaban J connectivity index is 0.00000131. The Morgan fingerprint density at radius 1 is 0.437 bits per heavy atom. The number of hydrogen-bond donors (Lipinski definition) is 4. The van der Waals surface area contributed by atoms with E-state index in [1.807, 2.05) is 51.1 Å². The second-order valence-electron chi connectivity index (χ2n) is 28.9. The molecule has 7 atom stereocenters. The second kappa shape index (κ2) is 66.2. The van der Waals surface area contributed by atoms with Crippen LogP contribution in [0.5, 0.6) is 0 Å². The number of amides is 2. The summed E-state index contributed by atoms with van der Waals surface area (Å²) in [6.07, 6.45) is 7.94. The van der Waals surface area contributed by atoms with Crippen molar-refractivity contribution in [1.29, 1.82) is 0 Å². The number of benzene rings is 9. The van der Waals surface area contributed by atoms with E-state index in [2.05, 4.69) is 417 Å². The van der Waals surface area contributed by atoms with E-state index in [1.54, 1.807) is 31.9 Å². The molecule has 0 heterocycles. The van der Waals surface area contributed by atoms with E-state index < -0.39 is 17.3 Å². The Hall–Kier alpha value is 2.81. The van der Waals surface area contributed by atoms with Gasteiger partial charge in [0, 0.05) is 55.9 Å². The van der Waals surface area contributed by atoms with Crippen LogP contribution in [0, 0.1) is 13.8 Å². The largest absolute Gasteiger partial charge is 1.00 e. The molecule has 10 nitrogen and oxygen atoms in total. The quantitative estimate of drug-likeness (QED) is 0.0324. The van der Waals surface area contributed by atoms with Crippen LogP contribution in [-0.2, 0) is 56.4 Å². The molecule has 28 heteroatoms. The van der Waals surface area contributed by atoms with Crippen LogP contribution in [0.4, 0.5) is 9.59 Å². The minimum Gasteiger partial charge on any atom is -1.00 e. The third kappa shape index (κ3) is 44.0. The predicted molar refractivity (Wildman–Crippen MR) is 525 cm³/mol. The van der Waals surface area contributed by atoms with Crippen LogP contribution in [0.15, 0.2) is 218 Å². The zero-order valence-corrected chi connectivity index (χ0v) is 102. The number of rotatable bonds is 16. The number of nitrogens with two attached hydrogens (primary N) is 1. The summed E-state index contributed by atoms with van der Waals surface area (Å²) in [5.74, 6) is 0. The summed E-state index contributed by atoms with van der Waals surface area (Å²) in [4.78, 5) is 24.0. The molecule has 6 aliphatic carbocycles. The summed E-state index contributed by atoms with van der Waals surface area (Å²) in [5, 5.41) is 14.6. The fourth-order valence-electron chi connectivity index (χ4n) is 11.7. The first-order valence-corrected chi connectivity index (χ1v) is 49.6. The van der Waals surface area contributed by atoms with Gasteiger partial charge in [-0.2, -0.15) is 0 Å². The van der Waals surface area contributed by atoms with Gasteiger partial charge in [-0.15, -0.1) is 0 Å². The average molecular weight is 2860 g/mol. The SMILES string of the molecule is BrC(Br)c1ccccc1C(Br)Br.BrC1Cc2ccccc21.BrC1c2ccccc2C1Br.BrCc1ccccc1C(Br)Br.CC(C)(C)OC(=O)NCCCO.CC(C)(C)OC(=O)NCCCOC1Cc2ccccc21.Cc1ccccc1C.IC1c2ccccc2C1I.NCCCOC1Cc2ccccc21.[I-].[I-].[I-].[Na+].[Na+].[Na+].c1ccc2c(c1)CC2. The predicted octanol–water partition coefficient (Wildman–Crippen LogP) is 11.4. The molecule has 9 aromatic carbocycles. The van der Waals surface area contributed by atoms with Crippen LogP contribution in [0.2, 0.25) is 0 Å². The summed E-state index contributed by atoms with van der Waals surface area (Å²) in [5.41, 5.74) is 29.7. The first kappa shape index (κ1) is 122. The zero-order valence-electron chi connectivity index (χ0n) is 69.3. The molecule has 5 N–H and O–H groups in total. The van der Waals surface area contributed by atoms with E-state index in [-0.39, 0.29) is 191 Å². The van der Waals surface area contributed by atoms with Crippen LogP contribution in [0.3, 0.4) is 0 Å². The maximum Gasteiger partial charge on any atom is 1.00 e. The van der Waals surface area contributed by atoms with Crippen molar-refractivity contribution in [3.8, 4) is 0 Å². The number of ether oxygens (including phenoxy) is 4. The van der Waals surface area contributed by atoms with Gasteiger partial charge in [0.05, 0.1) is 40.9 Å². The number of nitrogens with one attached hydrogen (secondary N) is 2. The van der Waals surface area contributed by atoms with Crippen LogP contribution >= 0.6 is 204 Å². The smallest absolute Gasteiger partial charge is 1.00 e. The minimum atomic E-state index is -0.455. The van der Waals surface area contributed by atoms with Crippen molar-refractivity contribution in [2.75, 3.05) is 39.5 Å². The molecule has 634 valence electrons. The van der Waals surface area contributed by atoms with E-state index in [0.29, 0.717) is 53.2 Å². The maximum absolute atomic E-state index is 11.4. The average Bonchev–Trinajstić information content (AvgIpc) is 0.782. The van der Waals surface area contributed by atoms with Gasteiger partial charge in [-0.3, -0.25) is 0 Å². The summed E-state index contributed by atoms with van der Waals surface area (Å²) < 4.78 is 23.7. The van der Waals surface area contributed by atoms with Crippen LogP contribution in [0.1, 0.15) is 207 Å². The molecule has 9 aromatic rings. The molecule has 2 amide bonds. The van der Waals surface area contributed by atoms with Crippen molar-refractivity contribution in [2.45, 2.75) is 169 Å². The number of carbonyl (C=O) groups excluding carboxylic acids is 2. The number of alkyl halides is 12. The molecule has 0 aromatic heterocycles. The molecule has 6 aliphatic rings. The molecular weight excluding hydrogens is 2750 g/mol. The van der Waals surface area contributed by atoms with Crippen molar-refractivity contribution in [1.82, 2.24) is 10.6 Å². The number of halogens is 15. The second-order valence-corrected chi connectivity index (χ2v) is 44.4. The van der Waals surface area contributed by atoms with Gasteiger partial charge >= 0.3 is 101 Å². The summed E-state index contributed by atoms with van der Waals surface area (Å²) in [6.45, 7) is 18.5. The minimum absolute atomic E-state index is 0. The van der Waals surface area contributed by atoms with E-state index >= 15 is 0 Å². The van der Waals surface area contributed by atoms with Gasteiger partial charge in [0.2, 0.25) is 0 Å². The monoisotopic (exact) mass is 2840 g/mol. The number of aliphatic hydroxyl groups excluding tert-OH is 1. The molecule has 0 aliphatic heterocycles. The van der Waals surface area contributed by atoms with Crippen LogP contribution < -0.4 is 177 Å². The molecule has 15 rings (SSSR count). The Morgan fingerprint density at radius 2 is 0.748 bits per heavy atom. The van der Waals surface area contributed by atoms with E-state index in [4.69, 9.17) is 29.8 Å². The van der Waals surface area contributed by atoms with Gasteiger partial charge in [-0.25, -0.2) is 9.59 Å².